The van der Waals surface area contributed by atoms with Crippen molar-refractivity contribution in [3.05, 3.63) is 39.7 Å². The van der Waals surface area contributed by atoms with Gasteiger partial charge in [-0.05, 0) is 31.5 Å². The first-order valence-corrected chi connectivity index (χ1v) is 6.58. The molecule has 1 amide bonds. The number of fused-ring (bicyclic) bond motifs is 1. The van der Waals surface area contributed by atoms with Gasteiger partial charge in [0.25, 0.3) is 0 Å². The van der Waals surface area contributed by atoms with E-state index in [2.05, 4.69) is 5.32 Å². The third kappa shape index (κ3) is 3.41. The summed E-state index contributed by atoms with van der Waals surface area (Å²) in [5.41, 5.74) is 0.605. The maximum atomic E-state index is 12.0. The fraction of sp³-hybridized carbons (Fsp3) is 0.333. The van der Waals surface area contributed by atoms with Gasteiger partial charge in [-0.2, -0.15) is 0 Å². The van der Waals surface area contributed by atoms with Crippen molar-refractivity contribution in [2.45, 2.75) is 26.4 Å². The molecule has 3 N–H and O–H groups in total. The van der Waals surface area contributed by atoms with E-state index in [0.717, 1.165) is 0 Å². The van der Waals surface area contributed by atoms with Crippen LogP contribution in [0.15, 0.2) is 27.4 Å². The van der Waals surface area contributed by atoms with Gasteiger partial charge in [0.1, 0.15) is 11.3 Å². The molecule has 1 aromatic heterocycles. The molecule has 0 aliphatic heterocycles. The number of phenolic OH excluding ortho intramolecular Hbond substituents is 1. The Kier molecular flexibility index (Phi) is 4.28. The number of phenols is 1. The highest BCUT2D eigenvalue weighted by Crippen LogP contribution is 2.23. The Labute approximate surface area is 121 Å². The van der Waals surface area contributed by atoms with E-state index in [-0.39, 0.29) is 35.8 Å². The van der Waals surface area contributed by atoms with E-state index in [4.69, 9.17) is 9.52 Å². The first kappa shape index (κ1) is 15.1. The Morgan fingerprint density at radius 3 is 2.81 bits per heavy atom. The van der Waals surface area contributed by atoms with Crippen LogP contribution < -0.4 is 10.9 Å². The van der Waals surface area contributed by atoms with Crippen LogP contribution in [0.2, 0.25) is 0 Å². The van der Waals surface area contributed by atoms with E-state index in [1.54, 1.807) is 19.9 Å². The summed E-state index contributed by atoms with van der Waals surface area (Å²) in [6, 6.07) is 4.49. The lowest BCUT2D eigenvalue weighted by Crippen LogP contribution is -2.33. The maximum absolute atomic E-state index is 12.0. The van der Waals surface area contributed by atoms with Gasteiger partial charge >= 0.3 is 5.63 Å². The van der Waals surface area contributed by atoms with E-state index in [1.165, 1.54) is 12.1 Å². The molecule has 112 valence electrons. The summed E-state index contributed by atoms with van der Waals surface area (Å²) in [4.78, 5) is 23.7. The number of rotatable bonds is 4. The monoisotopic (exact) mass is 291 g/mol. The quantitative estimate of drug-likeness (QED) is 0.725. The minimum absolute atomic E-state index is 0.00692. The minimum atomic E-state index is -0.647. The molecule has 21 heavy (non-hydrogen) atoms. The van der Waals surface area contributed by atoms with Crippen LogP contribution in [0, 0.1) is 6.92 Å². The second-order valence-corrected chi connectivity index (χ2v) is 5.00. The Morgan fingerprint density at radius 1 is 1.43 bits per heavy atom. The third-order valence-corrected chi connectivity index (χ3v) is 3.20. The molecule has 1 aromatic carbocycles. The summed E-state index contributed by atoms with van der Waals surface area (Å²) in [6.45, 7) is 3.42. The molecule has 0 aliphatic carbocycles. The third-order valence-electron chi connectivity index (χ3n) is 3.20. The molecule has 0 bridgehead atoms. The van der Waals surface area contributed by atoms with Crippen molar-refractivity contribution < 1.29 is 19.4 Å². The summed E-state index contributed by atoms with van der Waals surface area (Å²) in [7, 11) is 0. The molecule has 6 heteroatoms. The molecule has 0 saturated heterocycles. The van der Waals surface area contributed by atoms with E-state index in [0.29, 0.717) is 10.9 Å². The molecule has 0 radical (unpaired) electrons. The van der Waals surface area contributed by atoms with Crippen molar-refractivity contribution in [1.82, 2.24) is 5.32 Å². The Balaban J connectivity index is 2.34. The molecule has 0 saturated carbocycles. The predicted octanol–water partition coefficient (Wildman–Crippen LogP) is 0.847. The van der Waals surface area contributed by atoms with Crippen LogP contribution in [0.25, 0.3) is 11.0 Å². The normalized spacial score (nSPS) is 12.3. The topological polar surface area (TPSA) is 99.8 Å². The lowest BCUT2D eigenvalue weighted by Gasteiger charge is -2.09. The highest BCUT2D eigenvalue weighted by Gasteiger charge is 2.15. The number of aryl methyl sites for hydroxylation is 1. The zero-order valence-corrected chi connectivity index (χ0v) is 11.8. The summed E-state index contributed by atoms with van der Waals surface area (Å²) >= 11 is 0. The molecule has 0 aliphatic rings. The zero-order valence-electron chi connectivity index (χ0n) is 11.8. The van der Waals surface area contributed by atoms with Gasteiger partial charge in [-0.25, -0.2) is 4.79 Å². The van der Waals surface area contributed by atoms with Crippen molar-refractivity contribution in [2.75, 3.05) is 6.54 Å². The van der Waals surface area contributed by atoms with Crippen molar-refractivity contribution in [2.24, 2.45) is 0 Å². The molecule has 6 nitrogen and oxygen atoms in total. The van der Waals surface area contributed by atoms with Gasteiger partial charge in [0.2, 0.25) is 5.91 Å². The van der Waals surface area contributed by atoms with Crippen molar-refractivity contribution >= 4 is 16.9 Å². The first-order valence-electron chi connectivity index (χ1n) is 6.58. The average molecular weight is 291 g/mol. The highest BCUT2D eigenvalue weighted by molar-refractivity contribution is 5.85. The lowest BCUT2D eigenvalue weighted by atomic mass is 10.0. The molecule has 2 rings (SSSR count). The SMILES string of the molecule is Cc1c(CC(=O)NC[C@@H](C)O)c(=O)oc2cc(O)ccc12. The van der Waals surface area contributed by atoms with Crippen LogP contribution in [0.1, 0.15) is 18.1 Å². The number of nitrogens with one attached hydrogen (secondary N) is 1. The zero-order chi connectivity index (χ0) is 15.6. The Morgan fingerprint density at radius 2 is 2.14 bits per heavy atom. The summed E-state index contributed by atoms with van der Waals surface area (Å²) < 4.78 is 5.14. The minimum Gasteiger partial charge on any atom is -0.508 e. The summed E-state index contributed by atoms with van der Waals surface area (Å²) in [5.74, 6) is -0.350. The molecule has 2 aromatic rings. The molecule has 0 fully saturated rings. The summed E-state index contributed by atoms with van der Waals surface area (Å²) in [5, 5.41) is 21.7. The second kappa shape index (κ2) is 5.97. The van der Waals surface area contributed by atoms with Gasteiger partial charge in [-0.3, -0.25) is 4.79 Å². The number of hydrogen-bond donors (Lipinski definition) is 3. The molecular formula is C15H17NO5. The van der Waals surface area contributed by atoms with Crippen LogP contribution >= 0.6 is 0 Å². The van der Waals surface area contributed by atoms with Gasteiger partial charge in [0.05, 0.1) is 18.1 Å². The second-order valence-electron chi connectivity index (χ2n) is 5.00. The molecular weight excluding hydrogens is 274 g/mol. The molecule has 0 unspecified atom stereocenters. The van der Waals surface area contributed by atoms with E-state index in [1.807, 2.05) is 0 Å². The fourth-order valence-electron chi connectivity index (χ4n) is 2.07. The number of aliphatic hydroxyl groups excluding tert-OH is 1. The van der Waals surface area contributed by atoms with Gasteiger partial charge in [-0.1, -0.05) is 0 Å². The smallest absolute Gasteiger partial charge is 0.340 e. The van der Waals surface area contributed by atoms with Crippen LogP contribution in [-0.2, 0) is 11.2 Å². The predicted molar refractivity (Wildman–Crippen MR) is 77.3 cm³/mol. The molecule has 0 spiro atoms. The molecule has 1 heterocycles. The lowest BCUT2D eigenvalue weighted by molar-refractivity contribution is -0.120. The van der Waals surface area contributed by atoms with Gasteiger partial charge < -0.3 is 19.9 Å². The van der Waals surface area contributed by atoms with Crippen molar-refractivity contribution in [3.8, 4) is 5.75 Å². The highest BCUT2D eigenvalue weighted by atomic mass is 16.4. The number of carbonyl (C=O) groups is 1. The number of aromatic hydroxyl groups is 1. The van der Waals surface area contributed by atoms with E-state index in [9.17, 15) is 14.7 Å². The van der Waals surface area contributed by atoms with Crippen LogP contribution in [0.5, 0.6) is 5.75 Å². The van der Waals surface area contributed by atoms with E-state index >= 15 is 0 Å². The Bertz CT molecular complexity index is 733. The Hall–Kier alpha value is -2.34. The number of amides is 1. The van der Waals surface area contributed by atoms with E-state index < -0.39 is 11.7 Å². The number of hydrogen-bond acceptors (Lipinski definition) is 5. The summed E-state index contributed by atoms with van der Waals surface area (Å²) in [6.07, 6.45) is -0.761. The van der Waals surface area contributed by atoms with Crippen LogP contribution in [-0.4, -0.2) is 28.8 Å². The van der Waals surface area contributed by atoms with Gasteiger partial charge in [0.15, 0.2) is 0 Å². The van der Waals surface area contributed by atoms with Gasteiger partial charge in [-0.15, -0.1) is 0 Å². The number of carbonyl (C=O) groups excluding carboxylic acids is 1. The largest absolute Gasteiger partial charge is 0.508 e. The fourth-order valence-corrected chi connectivity index (χ4v) is 2.07. The van der Waals surface area contributed by atoms with Crippen LogP contribution in [0.3, 0.4) is 0 Å². The molecule has 1 atom stereocenters. The maximum Gasteiger partial charge on any atom is 0.340 e. The average Bonchev–Trinajstić information content (AvgIpc) is 2.40. The van der Waals surface area contributed by atoms with Gasteiger partial charge in [0, 0.05) is 18.0 Å². The standard InChI is InChI=1S/C15H17NO5/c1-8(17)7-16-14(19)6-12-9(2)11-4-3-10(18)5-13(11)21-15(12)20/h3-5,8,17-18H,6-7H2,1-2H3,(H,16,19)/t8-/m1/s1. The first-order chi connectivity index (χ1) is 9.88. The van der Waals surface area contributed by atoms with Crippen molar-refractivity contribution in [1.29, 1.82) is 0 Å². The van der Waals surface area contributed by atoms with Crippen LogP contribution in [0.4, 0.5) is 0 Å². The number of benzene rings is 1. The number of aliphatic hydroxyl groups is 1. The van der Waals surface area contributed by atoms with Crippen molar-refractivity contribution in [3.63, 3.8) is 0 Å².